The van der Waals surface area contributed by atoms with E-state index >= 15 is 0 Å². The van der Waals surface area contributed by atoms with Gasteiger partial charge in [0.15, 0.2) is 11.6 Å². The summed E-state index contributed by atoms with van der Waals surface area (Å²) in [5, 5.41) is 0. The van der Waals surface area contributed by atoms with Gasteiger partial charge in [-0.2, -0.15) is 0 Å². The summed E-state index contributed by atoms with van der Waals surface area (Å²) in [6, 6.07) is 4.14. The van der Waals surface area contributed by atoms with Crippen molar-refractivity contribution in [3.63, 3.8) is 0 Å². The average molecular weight is 254 g/mol. The minimum absolute atomic E-state index is 0.118. The molecule has 1 rings (SSSR count). The molecule has 0 saturated heterocycles. The Kier molecular flexibility index (Phi) is 4.29. The van der Waals surface area contributed by atoms with Gasteiger partial charge in [-0.15, -0.1) is 0 Å². The van der Waals surface area contributed by atoms with Gasteiger partial charge in [-0.05, 0) is 32.0 Å². The molecule has 0 bridgehead atoms. The molecule has 0 aliphatic carbocycles. The van der Waals surface area contributed by atoms with Gasteiger partial charge in [0.1, 0.15) is 0 Å². The van der Waals surface area contributed by atoms with E-state index in [0.717, 1.165) is 0 Å². The second-order valence-electron chi connectivity index (χ2n) is 4.73. The molecule has 0 aromatic heterocycles. The largest absolute Gasteiger partial charge is 0.494 e. The first-order valence-corrected chi connectivity index (χ1v) is 5.65. The third-order valence-corrected chi connectivity index (χ3v) is 3.11. The fourth-order valence-corrected chi connectivity index (χ4v) is 1.40. The molecule has 1 amide bonds. The zero-order valence-corrected chi connectivity index (χ0v) is 11.2. The lowest BCUT2D eigenvalue weighted by Crippen LogP contribution is -2.50. The zero-order valence-electron chi connectivity index (χ0n) is 11.2. The Morgan fingerprint density at radius 2 is 2.11 bits per heavy atom. The summed E-state index contributed by atoms with van der Waals surface area (Å²) >= 11 is 0. The van der Waals surface area contributed by atoms with Crippen LogP contribution >= 0.6 is 0 Å². The van der Waals surface area contributed by atoms with E-state index < -0.39 is 11.4 Å². The highest BCUT2D eigenvalue weighted by molar-refractivity contribution is 5.94. The lowest BCUT2D eigenvalue weighted by molar-refractivity contribution is 0.0639. The highest BCUT2D eigenvalue weighted by Crippen LogP contribution is 2.20. The van der Waals surface area contributed by atoms with Gasteiger partial charge in [-0.25, -0.2) is 4.39 Å². The first kappa shape index (κ1) is 14.4. The van der Waals surface area contributed by atoms with Crippen LogP contribution in [0.2, 0.25) is 0 Å². The van der Waals surface area contributed by atoms with Crippen LogP contribution in [-0.2, 0) is 0 Å². The Hall–Kier alpha value is -1.62. The van der Waals surface area contributed by atoms with E-state index in [1.807, 2.05) is 13.8 Å². The van der Waals surface area contributed by atoms with Gasteiger partial charge in [-0.3, -0.25) is 4.79 Å². The monoisotopic (exact) mass is 254 g/mol. The third-order valence-electron chi connectivity index (χ3n) is 3.11. The minimum Gasteiger partial charge on any atom is -0.494 e. The zero-order chi connectivity index (χ0) is 13.9. The summed E-state index contributed by atoms with van der Waals surface area (Å²) in [5.41, 5.74) is 5.41. The number of methoxy groups -OCH3 is 1. The van der Waals surface area contributed by atoms with Crippen LogP contribution in [0.25, 0.3) is 0 Å². The molecular weight excluding hydrogens is 235 g/mol. The van der Waals surface area contributed by atoms with Crippen molar-refractivity contribution < 1.29 is 13.9 Å². The number of rotatable bonds is 4. The quantitative estimate of drug-likeness (QED) is 0.888. The second kappa shape index (κ2) is 5.35. The first-order valence-electron chi connectivity index (χ1n) is 5.65. The van der Waals surface area contributed by atoms with Crippen molar-refractivity contribution in [2.45, 2.75) is 19.4 Å². The van der Waals surface area contributed by atoms with Crippen molar-refractivity contribution in [2.75, 3.05) is 20.7 Å². The van der Waals surface area contributed by atoms with Crippen LogP contribution in [0, 0.1) is 5.82 Å². The number of hydrogen-bond acceptors (Lipinski definition) is 3. The van der Waals surface area contributed by atoms with Crippen LogP contribution in [0.4, 0.5) is 4.39 Å². The van der Waals surface area contributed by atoms with Crippen LogP contribution in [0.5, 0.6) is 5.75 Å². The van der Waals surface area contributed by atoms with Crippen molar-refractivity contribution in [3.05, 3.63) is 29.6 Å². The van der Waals surface area contributed by atoms with E-state index in [0.29, 0.717) is 6.54 Å². The molecule has 1 aromatic carbocycles. The third kappa shape index (κ3) is 2.79. The van der Waals surface area contributed by atoms with Gasteiger partial charge in [0.25, 0.3) is 5.91 Å². The lowest BCUT2D eigenvalue weighted by atomic mass is 10.0. The minimum atomic E-state index is -0.553. The molecule has 0 radical (unpaired) electrons. The van der Waals surface area contributed by atoms with Crippen LogP contribution in [-0.4, -0.2) is 37.0 Å². The molecule has 2 N–H and O–H groups in total. The molecule has 1 aromatic rings. The number of amides is 1. The second-order valence-corrected chi connectivity index (χ2v) is 4.73. The SMILES string of the molecule is COc1ccc(C(=O)N(C)C(C)(C)CN)cc1F. The number of ether oxygens (including phenoxy) is 1. The summed E-state index contributed by atoms with van der Waals surface area (Å²) < 4.78 is 18.3. The van der Waals surface area contributed by atoms with E-state index in [4.69, 9.17) is 10.5 Å². The highest BCUT2D eigenvalue weighted by atomic mass is 19.1. The Morgan fingerprint density at radius 1 is 1.50 bits per heavy atom. The van der Waals surface area contributed by atoms with Crippen molar-refractivity contribution in [2.24, 2.45) is 5.73 Å². The summed E-state index contributed by atoms with van der Waals surface area (Å²) in [5.74, 6) is -0.707. The molecule has 18 heavy (non-hydrogen) atoms. The van der Waals surface area contributed by atoms with Crippen molar-refractivity contribution in [1.29, 1.82) is 0 Å². The van der Waals surface area contributed by atoms with Gasteiger partial charge in [0.05, 0.1) is 7.11 Å². The maximum Gasteiger partial charge on any atom is 0.254 e. The van der Waals surface area contributed by atoms with Gasteiger partial charge < -0.3 is 15.4 Å². The number of benzene rings is 1. The molecule has 0 atom stereocenters. The molecule has 0 fully saturated rings. The number of carbonyl (C=O) groups is 1. The van der Waals surface area contributed by atoms with E-state index in [2.05, 4.69) is 0 Å². The molecule has 100 valence electrons. The van der Waals surface area contributed by atoms with Crippen LogP contribution in [0.15, 0.2) is 18.2 Å². The normalized spacial score (nSPS) is 11.2. The Balaban J connectivity index is 3.01. The molecule has 0 saturated carbocycles. The lowest BCUT2D eigenvalue weighted by Gasteiger charge is -2.34. The number of halogens is 1. The molecule has 0 heterocycles. The summed E-state index contributed by atoms with van der Waals surface area (Å²) in [6.07, 6.45) is 0. The van der Waals surface area contributed by atoms with Crippen molar-refractivity contribution in [3.8, 4) is 5.75 Å². The molecule has 0 unspecified atom stereocenters. The van der Waals surface area contributed by atoms with Crippen molar-refractivity contribution >= 4 is 5.91 Å². The summed E-state index contributed by atoms with van der Waals surface area (Å²) in [4.78, 5) is 13.7. The first-order chi connectivity index (χ1) is 8.33. The number of likely N-dealkylation sites (N-methyl/N-ethyl adjacent to an activating group) is 1. The highest BCUT2D eigenvalue weighted by Gasteiger charge is 2.27. The summed E-state index contributed by atoms with van der Waals surface area (Å²) in [7, 11) is 3.03. The van der Waals surface area contributed by atoms with Crippen LogP contribution < -0.4 is 10.5 Å². The van der Waals surface area contributed by atoms with E-state index in [-0.39, 0.29) is 17.2 Å². The Labute approximate surface area is 107 Å². The topological polar surface area (TPSA) is 55.6 Å². The predicted octanol–water partition coefficient (Wildman–Crippen LogP) is 1.64. The molecule has 5 heteroatoms. The fraction of sp³-hybridized carbons (Fsp3) is 0.462. The summed E-state index contributed by atoms with van der Waals surface area (Å²) in [6.45, 7) is 4.03. The van der Waals surface area contributed by atoms with Gasteiger partial charge in [0, 0.05) is 24.7 Å². The molecular formula is C13H19FN2O2. The predicted molar refractivity (Wildman–Crippen MR) is 68.2 cm³/mol. The van der Waals surface area contributed by atoms with Gasteiger partial charge in [0.2, 0.25) is 0 Å². The van der Waals surface area contributed by atoms with Crippen LogP contribution in [0.3, 0.4) is 0 Å². The average Bonchev–Trinajstić information content (AvgIpc) is 2.36. The Morgan fingerprint density at radius 3 is 2.56 bits per heavy atom. The molecule has 0 aliphatic heterocycles. The van der Waals surface area contributed by atoms with E-state index in [9.17, 15) is 9.18 Å². The maximum atomic E-state index is 13.5. The van der Waals surface area contributed by atoms with Crippen molar-refractivity contribution in [1.82, 2.24) is 4.90 Å². The Bertz CT molecular complexity index is 447. The number of carbonyl (C=O) groups excluding carboxylic acids is 1. The number of nitrogens with two attached hydrogens (primary N) is 1. The van der Waals surface area contributed by atoms with E-state index in [1.165, 1.54) is 30.2 Å². The number of hydrogen-bond donors (Lipinski definition) is 1. The molecule has 0 aliphatic rings. The van der Waals surface area contributed by atoms with Gasteiger partial charge in [-0.1, -0.05) is 0 Å². The smallest absolute Gasteiger partial charge is 0.254 e. The van der Waals surface area contributed by atoms with Gasteiger partial charge >= 0.3 is 0 Å². The van der Waals surface area contributed by atoms with E-state index in [1.54, 1.807) is 7.05 Å². The molecule has 0 spiro atoms. The number of nitrogens with zero attached hydrogens (tertiary/aromatic N) is 1. The molecule has 4 nitrogen and oxygen atoms in total. The van der Waals surface area contributed by atoms with Crippen LogP contribution in [0.1, 0.15) is 24.2 Å². The standard InChI is InChI=1S/C13H19FN2O2/c1-13(2,8-15)16(3)12(17)9-5-6-11(18-4)10(14)7-9/h5-7H,8,15H2,1-4H3. The maximum absolute atomic E-state index is 13.5. The fourth-order valence-electron chi connectivity index (χ4n) is 1.40.